The summed E-state index contributed by atoms with van der Waals surface area (Å²) < 4.78 is 0.903. The maximum Gasteiger partial charge on any atom is 0.321 e. The quantitative estimate of drug-likeness (QED) is 0.870. The zero-order valence-corrected chi connectivity index (χ0v) is 13.3. The average Bonchev–Trinajstić information content (AvgIpc) is 2.46. The monoisotopic (exact) mass is 355 g/mol. The third-order valence-corrected chi connectivity index (χ3v) is 4.08. The highest BCUT2D eigenvalue weighted by Gasteiger charge is 2.27. The van der Waals surface area contributed by atoms with Crippen LogP contribution in [0.5, 0.6) is 0 Å². The second-order valence-corrected chi connectivity index (χ2v) is 5.89. The Morgan fingerprint density at radius 2 is 1.95 bits per heavy atom. The van der Waals surface area contributed by atoms with E-state index < -0.39 is 12.0 Å². The third-order valence-electron chi connectivity index (χ3n) is 3.58. The van der Waals surface area contributed by atoms with E-state index in [0.29, 0.717) is 26.2 Å². The van der Waals surface area contributed by atoms with E-state index >= 15 is 0 Å². The van der Waals surface area contributed by atoms with E-state index in [4.69, 9.17) is 5.11 Å². The minimum atomic E-state index is -0.831. The van der Waals surface area contributed by atoms with Crippen molar-refractivity contribution in [2.75, 3.05) is 31.5 Å². The van der Waals surface area contributed by atoms with Gasteiger partial charge in [0.25, 0.3) is 0 Å². The van der Waals surface area contributed by atoms with Gasteiger partial charge in [0.05, 0.1) is 0 Å². The summed E-state index contributed by atoms with van der Waals surface area (Å²) in [4.78, 5) is 26.7. The number of rotatable bonds is 3. The highest BCUT2D eigenvalue weighted by atomic mass is 79.9. The molecule has 1 saturated heterocycles. The first-order valence-corrected chi connectivity index (χ1v) is 7.55. The molecule has 1 fully saturated rings. The Bertz CT molecular complexity index is 530. The van der Waals surface area contributed by atoms with E-state index in [1.54, 1.807) is 11.8 Å². The number of amides is 2. The lowest BCUT2D eigenvalue weighted by molar-refractivity contribution is -0.143. The van der Waals surface area contributed by atoms with Gasteiger partial charge in [-0.15, -0.1) is 0 Å². The zero-order valence-electron chi connectivity index (χ0n) is 11.8. The number of hydrogen-bond donors (Lipinski definition) is 2. The molecule has 0 radical (unpaired) electrons. The van der Waals surface area contributed by atoms with Crippen LogP contribution in [0.1, 0.15) is 6.92 Å². The Labute approximate surface area is 131 Å². The van der Waals surface area contributed by atoms with Gasteiger partial charge < -0.3 is 15.3 Å². The molecule has 2 amide bonds. The van der Waals surface area contributed by atoms with Crippen LogP contribution in [0.15, 0.2) is 28.7 Å². The highest BCUT2D eigenvalue weighted by molar-refractivity contribution is 9.10. The van der Waals surface area contributed by atoms with Crippen molar-refractivity contribution in [1.82, 2.24) is 9.80 Å². The number of piperazine rings is 1. The molecule has 7 heteroatoms. The molecule has 6 nitrogen and oxygen atoms in total. The van der Waals surface area contributed by atoms with Crippen molar-refractivity contribution in [2.45, 2.75) is 13.0 Å². The van der Waals surface area contributed by atoms with E-state index in [1.165, 1.54) is 0 Å². The number of nitrogens with zero attached hydrogens (tertiary/aromatic N) is 2. The average molecular weight is 356 g/mol. The number of carboxylic acids is 1. The number of carbonyl (C=O) groups excluding carboxylic acids is 1. The second-order valence-electron chi connectivity index (χ2n) is 4.98. The number of benzene rings is 1. The van der Waals surface area contributed by atoms with E-state index in [0.717, 1.165) is 10.2 Å². The van der Waals surface area contributed by atoms with E-state index in [1.807, 2.05) is 29.2 Å². The van der Waals surface area contributed by atoms with Crippen LogP contribution in [-0.4, -0.2) is 59.1 Å². The fraction of sp³-hybridized carbons (Fsp3) is 0.429. The van der Waals surface area contributed by atoms with Gasteiger partial charge in [-0.3, -0.25) is 9.69 Å². The van der Waals surface area contributed by atoms with Gasteiger partial charge in [-0.1, -0.05) is 22.0 Å². The van der Waals surface area contributed by atoms with Crippen LogP contribution in [0.2, 0.25) is 0 Å². The van der Waals surface area contributed by atoms with Crippen molar-refractivity contribution in [3.63, 3.8) is 0 Å². The lowest BCUT2D eigenvalue weighted by Gasteiger charge is -2.36. The van der Waals surface area contributed by atoms with Gasteiger partial charge in [0.2, 0.25) is 0 Å². The minimum absolute atomic E-state index is 0.157. The summed E-state index contributed by atoms with van der Waals surface area (Å²) in [7, 11) is 0. The first-order valence-electron chi connectivity index (χ1n) is 6.75. The molecule has 21 heavy (non-hydrogen) atoms. The van der Waals surface area contributed by atoms with Crippen molar-refractivity contribution in [1.29, 1.82) is 0 Å². The normalized spacial score (nSPS) is 17.3. The molecule has 0 spiro atoms. The molecule has 2 N–H and O–H groups in total. The number of nitrogens with one attached hydrogen (secondary N) is 1. The number of hydrogen-bond acceptors (Lipinski definition) is 3. The molecule has 0 bridgehead atoms. The molecule has 1 aromatic carbocycles. The summed E-state index contributed by atoms with van der Waals surface area (Å²) in [5.41, 5.74) is 0.732. The van der Waals surface area contributed by atoms with Gasteiger partial charge in [-0.2, -0.15) is 0 Å². The second kappa shape index (κ2) is 6.91. The first kappa shape index (κ1) is 15.8. The molecule has 0 aromatic heterocycles. The molecule has 0 aliphatic carbocycles. The van der Waals surface area contributed by atoms with E-state index in [9.17, 15) is 9.59 Å². The number of halogens is 1. The summed E-state index contributed by atoms with van der Waals surface area (Å²) in [6.07, 6.45) is 0. The van der Waals surface area contributed by atoms with Crippen LogP contribution in [0, 0.1) is 0 Å². The van der Waals surface area contributed by atoms with Crippen molar-refractivity contribution >= 4 is 33.6 Å². The molecule has 1 atom stereocenters. The summed E-state index contributed by atoms with van der Waals surface area (Å²) in [6, 6.07) is 6.73. The summed E-state index contributed by atoms with van der Waals surface area (Å²) in [5, 5.41) is 11.8. The third kappa shape index (κ3) is 4.18. The lowest BCUT2D eigenvalue weighted by atomic mass is 10.2. The van der Waals surface area contributed by atoms with E-state index in [2.05, 4.69) is 21.2 Å². The van der Waals surface area contributed by atoms with Gasteiger partial charge in [0.1, 0.15) is 6.04 Å². The fourth-order valence-corrected chi connectivity index (χ4v) is 2.64. The summed E-state index contributed by atoms with van der Waals surface area (Å²) >= 11 is 3.36. The summed E-state index contributed by atoms with van der Waals surface area (Å²) in [6.45, 7) is 3.85. The lowest BCUT2D eigenvalue weighted by Crippen LogP contribution is -2.53. The Balaban J connectivity index is 1.87. The molecule has 114 valence electrons. The van der Waals surface area contributed by atoms with Gasteiger partial charge in [0, 0.05) is 36.3 Å². The van der Waals surface area contributed by atoms with Gasteiger partial charge in [0.15, 0.2) is 0 Å². The maximum absolute atomic E-state index is 12.2. The SMILES string of the molecule is CC(C(=O)O)N1CCN(C(=O)Nc2cccc(Br)c2)CC1. The van der Waals surface area contributed by atoms with Crippen LogP contribution >= 0.6 is 15.9 Å². The first-order chi connectivity index (χ1) is 9.97. The predicted octanol–water partition coefficient (Wildman–Crippen LogP) is 2.07. The number of urea groups is 1. The molecule has 1 aromatic rings. The van der Waals surface area contributed by atoms with Crippen LogP contribution < -0.4 is 5.32 Å². The molecular weight excluding hydrogens is 338 g/mol. The van der Waals surface area contributed by atoms with Crippen molar-refractivity contribution in [3.05, 3.63) is 28.7 Å². The number of aliphatic carboxylic acids is 1. The van der Waals surface area contributed by atoms with E-state index in [-0.39, 0.29) is 6.03 Å². The zero-order chi connectivity index (χ0) is 15.4. The van der Waals surface area contributed by atoms with Crippen molar-refractivity contribution in [2.24, 2.45) is 0 Å². The Morgan fingerprint density at radius 1 is 1.29 bits per heavy atom. The number of anilines is 1. The van der Waals surface area contributed by atoms with Gasteiger partial charge in [-0.05, 0) is 25.1 Å². The fourth-order valence-electron chi connectivity index (χ4n) is 2.24. The Kier molecular flexibility index (Phi) is 5.19. The standard InChI is InChI=1S/C14H18BrN3O3/c1-10(13(19)20)17-5-7-18(8-6-17)14(21)16-12-4-2-3-11(15)9-12/h2-4,9-10H,5-8H2,1H3,(H,16,21)(H,19,20). The van der Waals surface area contributed by atoms with Gasteiger partial charge >= 0.3 is 12.0 Å². The molecule has 0 saturated carbocycles. The van der Waals surface area contributed by atoms with Gasteiger partial charge in [-0.25, -0.2) is 4.79 Å². The topological polar surface area (TPSA) is 72.9 Å². The predicted molar refractivity (Wildman–Crippen MR) is 83.4 cm³/mol. The largest absolute Gasteiger partial charge is 0.480 e. The molecule has 1 aliphatic heterocycles. The van der Waals surface area contributed by atoms with Crippen LogP contribution in [0.3, 0.4) is 0 Å². The molecule has 1 aliphatic rings. The van der Waals surface area contributed by atoms with Crippen LogP contribution in [0.25, 0.3) is 0 Å². The Hall–Kier alpha value is -1.60. The van der Waals surface area contributed by atoms with Crippen molar-refractivity contribution < 1.29 is 14.7 Å². The van der Waals surface area contributed by atoms with Crippen molar-refractivity contribution in [3.8, 4) is 0 Å². The number of carbonyl (C=O) groups is 2. The number of carboxylic acid groups (broad SMARTS) is 1. The molecule has 1 heterocycles. The minimum Gasteiger partial charge on any atom is -0.480 e. The van der Waals surface area contributed by atoms with Crippen LogP contribution in [-0.2, 0) is 4.79 Å². The summed E-state index contributed by atoms with van der Waals surface area (Å²) in [5.74, 6) is -0.831. The Morgan fingerprint density at radius 3 is 2.52 bits per heavy atom. The smallest absolute Gasteiger partial charge is 0.321 e. The molecular formula is C14H18BrN3O3. The maximum atomic E-state index is 12.2. The van der Waals surface area contributed by atoms with Crippen LogP contribution in [0.4, 0.5) is 10.5 Å². The molecule has 1 unspecified atom stereocenters. The molecule has 2 rings (SSSR count). The highest BCUT2D eigenvalue weighted by Crippen LogP contribution is 2.16.